The lowest BCUT2D eigenvalue weighted by Crippen LogP contribution is -2.11. The van der Waals surface area contributed by atoms with Crippen molar-refractivity contribution in [2.45, 2.75) is 39.8 Å². The van der Waals surface area contributed by atoms with Crippen molar-refractivity contribution in [3.05, 3.63) is 107 Å². The first-order chi connectivity index (χ1) is 18.1. The first-order valence-electron chi connectivity index (χ1n) is 12.7. The van der Waals surface area contributed by atoms with Crippen molar-refractivity contribution in [2.24, 2.45) is 0 Å². The molecule has 0 aliphatic carbocycles. The molecule has 0 fully saturated rings. The number of ether oxygens (including phenoxy) is 2. The molecule has 0 bridgehead atoms. The minimum atomic E-state index is -0.410. The Morgan fingerprint density at radius 1 is 0.865 bits per heavy atom. The van der Waals surface area contributed by atoms with Crippen LogP contribution in [0.5, 0.6) is 11.5 Å². The summed E-state index contributed by atoms with van der Waals surface area (Å²) in [5, 5.41) is 13.1. The van der Waals surface area contributed by atoms with E-state index in [0.717, 1.165) is 46.1 Å². The molecule has 0 saturated heterocycles. The molecule has 1 heterocycles. The highest BCUT2D eigenvalue weighted by Crippen LogP contribution is 2.37. The van der Waals surface area contributed by atoms with E-state index in [4.69, 9.17) is 9.47 Å². The summed E-state index contributed by atoms with van der Waals surface area (Å²) in [6.07, 6.45) is 2.16. The fraction of sp³-hybridized carbons (Fsp3) is 0.219. The van der Waals surface area contributed by atoms with Crippen LogP contribution in [-0.4, -0.2) is 22.2 Å². The van der Waals surface area contributed by atoms with Crippen molar-refractivity contribution in [3.8, 4) is 11.5 Å². The average Bonchev–Trinajstić information content (AvgIpc) is 3.20. The lowest BCUT2D eigenvalue weighted by Gasteiger charge is -2.12. The Kier molecular flexibility index (Phi) is 7.13. The van der Waals surface area contributed by atoms with Crippen LogP contribution in [-0.2, 0) is 24.3 Å². The fourth-order valence-electron chi connectivity index (χ4n) is 4.95. The molecule has 0 amide bonds. The normalized spacial score (nSPS) is 11.2. The number of aromatic hydroxyl groups is 1. The lowest BCUT2D eigenvalue weighted by atomic mass is 10.0. The maximum Gasteiger partial charge on any atom is 0.340 e. The molecule has 5 aromatic rings. The van der Waals surface area contributed by atoms with Crippen molar-refractivity contribution in [3.63, 3.8) is 0 Å². The third kappa shape index (κ3) is 5.03. The SMILES string of the molecule is CCCc1ccc(OCCn2c(C)c(C(=O)OCc3ccccc3)c3cc(O)c4ccccc4c32)cc1. The molecule has 0 saturated carbocycles. The van der Waals surface area contributed by atoms with Gasteiger partial charge < -0.3 is 19.1 Å². The topological polar surface area (TPSA) is 60.7 Å². The lowest BCUT2D eigenvalue weighted by molar-refractivity contribution is 0.0474. The second-order valence-corrected chi connectivity index (χ2v) is 9.25. The quantitative estimate of drug-likeness (QED) is 0.221. The van der Waals surface area contributed by atoms with E-state index in [-0.39, 0.29) is 12.4 Å². The predicted octanol–water partition coefficient (Wildman–Crippen LogP) is 7.20. The summed E-state index contributed by atoms with van der Waals surface area (Å²) in [4.78, 5) is 13.3. The van der Waals surface area contributed by atoms with Crippen molar-refractivity contribution in [1.82, 2.24) is 4.57 Å². The number of phenolic OH excluding ortho intramolecular Hbond substituents is 1. The van der Waals surface area contributed by atoms with Crippen LogP contribution in [0.4, 0.5) is 0 Å². The van der Waals surface area contributed by atoms with Gasteiger partial charge in [-0.2, -0.15) is 0 Å². The van der Waals surface area contributed by atoms with E-state index in [2.05, 4.69) is 23.6 Å². The van der Waals surface area contributed by atoms with Crippen molar-refractivity contribution >= 4 is 27.6 Å². The van der Waals surface area contributed by atoms with Gasteiger partial charge in [0.25, 0.3) is 0 Å². The van der Waals surface area contributed by atoms with Crippen LogP contribution in [0.3, 0.4) is 0 Å². The molecule has 1 N–H and O–H groups in total. The summed E-state index contributed by atoms with van der Waals surface area (Å²) in [6, 6.07) is 27.2. The standard InChI is InChI=1S/C32H31NO4/c1-3-9-23-14-16-25(17-15-23)36-19-18-33-22(2)30(32(35)37-21-24-10-5-4-6-11-24)28-20-29(34)26-12-7-8-13-27(26)31(28)33/h4-8,10-17,20,34H,3,9,18-19,21H2,1-2H3. The van der Waals surface area contributed by atoms with Gasteiger partial charge in [-0.3, -0.25) is 0 Å². The molecular weight excluding hydrogens is 462 g/mol. The monoisotopic (exact) mass is 493 g/mol. The van der Waals surface area contributed by atoms with Crippen LogP contribution < -0.4 is 4.74 Å². The smallest absolute Gasteiger partial charge is 0.340 e. The number of carbonyl (C=O) groups is 1. The highest BCUT2D eigenvalue weighted by molar-refractivity contribution is 6.16. The molecule has 5 rings (SSSR count). The van der Waals surface area contributed by atoms with Gasteiger partial charge in [0.15, 0.2) is 0 Å². The summed E-state index contributed by atoms with van der Waals surface area (Å²) in [5.74, 6) is 0.548. The number of hydrogen-bond acceptors (Lipinski definition) is 4. The largest absolute Gasteiger partial charge is 0.507 e. The first kappa shape index (κ1) is 24.4. The van der Waals surface area contributed by atoms with Crippen LogP contribution in [0.15, 0.2) is 84.9 Å². The van der Waals surface area contributed by atoms with Gasteiger partial charge in [-0.05, 0) is 42.7 Å². The van der Waals surface area contributed by atoms with Crippen molar-refractivity contribution < 1.29 is 19.4 Å². The van der Waals surface area contributed by atoms with E-state index in [1.165, 1.54) is 5.56 Å². The van der Waals surface area contributed by atoms with Gasteiger partial charge in [-0.25, -0.2) is 4.79 Å². The summed E-state index contributed by atoms with van der Waals surface area (Å²) in [5.41, 5.74) is 4.36. The Bertz CT molecular complexity index is 1530. The Labute approximate surface area is 216 Å². The highest BCUT2D eigenvalue weighted by Gasteiger charge is 2.24. The van der Waals surface area contributed by atoms with Crippen molar-refractivity contribution in [1.29, 1.82) is 0 Å². The van der Waals surface area contributed by atoms with Gasteiger partial charge in [0.2, 0.25) is 0 Å². The maximum absolute atomic E-state index is 13.3. The van der Waals surface area contributed by atoms with E-state index >= 15 is 0 Å². The molecule has 4 aromatic carbocycles. The van der Waals surface area contributed by atoms with Gasteiger partial charge in [-0.1, -0.05) is 80.1 Å². The second kappa shape index (κ2) is 10.8. The molecule has 5 heteroatoms. The number of phenols is 1. The zero-order valence-electron chi connectivity index (χ0n) is 21.2. The van der Waals surface area contributed by atoms with E-state index in [1.54, 1.807) is 6.07 Å². The molecule has 0 aliphatic rings. The minimum Gasteiger partial charge on any atom is -0.507 e. The third-order valence-electron chi connectivity index (χ3n) is 6.76. The summed E-state index contributed by atoms with van der Waals surface area (Å²) in [6.45, 7) is 5.25. The zero-order valence-corrected chi connectivity index (χ0v) is 21.2. The van der Waals surface area contributed by atoms with Gasteiger partial charge >= 0.3 is 5.97 Å². The molecule has 188 valence electrons. The first-order valence-corrected chi connectivity index (χ1v) is 12.7. The number of fused-ring (bicyclic) bond motifs is 3. The highest BCUT2D eigenvalue weighted by atomic mass is 16.5. The number of nitrogens with zero attached hydrogens (tertiary/aromatic N) is 1. The molecule has 0 unspecified atom stereocenters. The number of rotatable bonds is 9. The number of aromatic nitrogens is 1. The van der Waals surface area contributed by atoms with E-state index in [0.29, 0.717) is 24.1 Å². The van der Waals surface area contributed by atoms with Crippen LogP contribution in [0, 0.1) is 6.92 Å². The Morgan fingerprint density at radius 2 is 1.57 bits per heavy atom. The van der Waals surface area contributed by atoms with Crippen molar-refractivity contribution in [2.75, 3.05) is 6.61 Å². The average molecular weight is 494 g/mol. The summed E-state index contributed by atoms with van der Waals surface area (Å²) < 4.78 is 13.9. The van der Waals surface area contributed by atoms with E-state index in [1.807, 2.05) is 73.7 Å². The number of benzene rings is 4. The molecule has 0 radical (unpaired) electrons. The maximum atomic E-state index is 13.3. The molecular formula is C32H31NO4. The van der Waals surface area contributed by atoms with Crippen LogP contribution in [0.25, 0.3) is 21.7 Å². The van der Waals surface area contributed by atoms with E-state index < -0.39 is 5.97 Å². The molecule has 5 nitrogen and oxygen atoms in total. The number of aryl methyl sites for hydroxylation is 1. The second-order valence-electron chi connectivity index (χ2n) is 9.25. The van der Waals surface area contributed by atoms with Gasteiger partial charge in [-0.15, -0.1) is 0 Å². The Hall–Kier alpha value is -4.25. The van der Waals surface area contributed by atoms with Crippen LogP contribution >= 0.6 is 0 Å². The number of hydrogen-bond donors (Lipinski definition) is 1. The predicted molar refractivity (Wildman–Crippen MR) is 147 cm³/mol. The third-order valence-corrected chi connectivity index (χ3v) is 6.76. The molecule has 0 atom stereocenters. The number of carbonyl (C=O) groups excluding carboxylic acids is 1. The zero-order chi connectivity index (χ0) is 25.8. The number of esters is 1. The Morgan fingerprint density at radius 3 is 2.30 bits per heavy atom. The van der Waals surface area contributed by atoms with Crippen LogP contribution in [0.1, 0.15) is 40.5 Å². The minimum absolute atomic E-state index is 0.140. The summed E-state index contributed by atoms with van der Waals surface area (Å²) >= 11 is 0. The van der Waals surface area contributed by atoms with Gasteiger partial charge in [0.1, 0.15) is 24.7 Å². The molecule has 0 spiro atoms. The van der Waals surface area contributed by atoms with Crippen LogP contribution in [0.2, 0.25) is 0 Å². The molecule has 37 heavy (non-hydrogen) atoms. The van der Waals surface area contributed by atoms with Gasteiger partial charge in [0.05, 0.1) is 17.6 Å². The van der Waals surface area contributed by atoms with E-state index in [9.17, 15) is 9.90 Å². The molecule has 1 aromatic heterocycles. The Balaban J connectivity index is 1.48. The van der Waals surface area contributed by atoms with Gasteiger partial charge in [0, 0.05) is 21.9 Å². The molecule has 0 aliphatic heterocycles. The fourth-order valence-corrected chi connectivity index (χ4v) is 4.95. The summed E-state index contributed by atoms with van der Waals surface area (Å²) in [7, 11) is 0.